The van der Waals surface area contributed by atoms with Crippen LogP contribution in [0.25, 0.3) is 0 Å². The van der Waals surface area contributed by atoms with E-state index in [9.17, 15) is 4.79 Å². The molecule has 0 radical (unpaired) electrons. The third-order valence-electron chi connectivity index (χ3n) is 4.38. The summed E-state index contributed by atoms with van der Waals surface area (Å²) in [6, 6.07) is 9.38. The van der Waals surface area contributed by atoms with Gasteiger partial charge in [0.05, 0.1) is 17.3 Å². The molecule has 1 aromatic carbocycles. The van der Waals surface area contributed by atoms with Crippen LogP contribution in [-0.2, 0) is 13.2 Å². The Labute approximate surface area is 158 Å². The average Bonchev–Trinajstić information content (AvgIpc) is 3.28. The Hall–Kier alpha value is -3.09. The summed E-state index contributed by atoms with van der Waals surface area (Å²) in [6.07, 6.45) is 1.89. The van der Waals surface area contributed by atoms with Crippen LogP contribution in [0.5, 0.6) is 5.75 Å². The van der Waals surface area contributed by atoms with Crippen molar-refractivity contribution in [3.05, 3.63) is 64.8 Å². The van der Waals surface area contributed by atoms with Crippen molar-refractivity contribution in [2.45, 2.75) is 46.9 Å². The quantitative estimate of drug-likeness (QED) is 0.689. The second-order valence-corrected chi connectivity index (χ2v) is 6.46. The summed E-state index contributed by atoms with van der Waals surface area (Å²) in [5, 5.41) is 11.3. The van der Waals surface area contributed by atoms with E-state index in [0.717, 1.165) is 23.6 Å². The molecule has 0 saturated carbocycles. The Balaban J connectivity index is 1.69. The number of hydrogen-bond acceptors (Lipinski definition) is 5. The third kappa shape index (κ3) is 4.36. The molecule has 0 saturated heterocycles. The third-order valence-corrected chi connectivity index (χ3v) is 4.38. The maximum atomic E-state index is 12.7. The highest BCUT2D eigenvalue weighted by atomic mass is 16.5. The molecule has 3 aromatic rings. The van der Waals surface area contributed by atoms with E-state index < -0.39 is 0 Å². The molecule has 0 bridgehead atoms. The van der Waals surface area contributed by atoms with Crippen LogP contribution in [0.2, 0.25) is 0 Å². The van der Waals surface area contributed by atoms with Gasteiger partial charge in [-0.2, -0.15) is 5.10 Å². The molecule has 7 nitrogen and oxygen atoms in total. The highest BCUT2D eigenvalue weighted by Gasteiger charge is 2.22. The zero-order chi connectivity index (χ0) is 19.4. The molecule has 1 atom stereocenters. The number of ether oxygens (including phenoxy) is 1. The normalized spacial score (nSPS) is 12.0. The smallest absolute Gasteiger partial charge is 0.274 e. The fourth-order valence-electron chi connectivity index (χ4n) is 2.65. The van der Waals surface area contributed by atoms with Gasteiger partial charge in [0, 0.05) is 12.7 Å². The molecule has 142 valence electrons. The van der Waals surface area contributed by atoms with E-state index >= 15 is 0 Å². The lowest BCUT2D eigenvalue weighted by Crippen LogP contribution is -2.28. The average molecular weight is 368 g/mol. The molecule has 0 fully saturated rings. The zero-order valence-electron chi connectivity index (χ0n) is 16.0. The van der Waals surface area contributed by atoms with E-state index in [2.05, 4.69) is 15.6 Å². The number of nitrogens with one attached hydrogen (secondary N) is 1. The number of carbonyl (C=O) groups excluding carboxylic acids is 1. The first-order chi connectivity index (χ1) is 13.0. The van der Waals surface area contributed by atoms with Crippen LogP contribution in [-0.4, -0.2) is 20.8 Å². The first-order valence-corrected chi connectivity index (χ1v) is 8.96. The van der Waals surface area contributed by atoms with Gasteiger partial charge in [0.2, 0.25) is 0 Å². The number of amides is 1. The fraction of sp³-hybridized carbons (Fsp3) is 0.350. The first-order valence-electron chi connectivity index (χ1n) is 8.96. The standard InChI is InChI=1S/C20H24N4O3/c1-5-24-11-10-18(22-24)14(3)21-20(25)19-17(15(4)27-23-19)12-26-16-8-6-13(2)7-9-16/h6-11,14H,5,12H2,1-4H3,(H,21,25). The fourth-order valence-corrected chi connectivity index (χ4v) is 2.65. The summed E-state index contributed by atoms with van der Waals surface area (Å²) in [6.45, 7) is 8.67. The van der Waals surface area contributed by atoms with Gasteiger partial charge in [-0.1, -0.05) is 22.9 Å². The minimum atomic E-state index is -0.312. The van der Waals surface area contributed by atoms with Crippen LogP contribution >= 0.6 is 0 Å². The Morgan fingerprint density at radius 3 is 2.67 bits per heavy atom. The number of carbonyl (C=O) groups is 1. The van der Waals surface area contributed by atoms with Crippen LogP contribution in [0.15, 0.2) is 41.1 Å². The predicted molar refractivity (Wildman–Crippen MR) is 101 cm³/mol. The lowest BCUT2D eigenvalue weighted by atomic mass is 10.1. The van der Waals surface area contributed by atoms with E-state index in [-0.39, 0.29) is 24.2 Å². The van der Waals surface area contributed by atoms with Crippen LogP contribution in [0.3, 0.4) is 0 Å². The zero-order valence-corrected chi connectivity index (χ0v) is 16.0. The Kier molecular flexibility index (Phi) is 5.59. The number of rotatable bonds is 7. The SMILES string of the molecule is CCn1ccc(C(C)NC(=O)c2noc(C)c2COc2ccc(C)cc2)n1. The van der Waals surface area contributed by atoms with Crippen LogP contribution in [0, 0.1) is 13.8 Å². The summed E-state index contributed by atoms with van der Waals surface area (Å²) in [5.41, 5.74) is 2.83. The molecule has 0 spiro atoms. The molecule has 3 rings (SSSR count). The lowest BCUT2D eigenvalue weighted by molar-refractivity contribution is 0.0927. The van der Waals surface area contributed by atoms with Gasteiger partial charge >= 0.3 is 0 Å². The van der Waals surface area contributed by atoms with Crippen molar-refractivity contribution < 1.29 is 14.1 Å². The van der Waals surface area contributed by atoms with E-state index in [1.807, 2.05) is 62.0 Å². The van der Waals surface area contributed by atoms with Crippen molar-refractivity contribution in [1.29, 1.82) is 0 Å². The van der Waals surface area contributed by atoms with Gasteiger partial charge in [0.15, 0.2) is 5.69 Å². The van der Waals surface area contributed by atoms with Crippen LogP contribution in [0.4, 0.5) is 0 Å². The molecule has 0 aliphatic carbocycles. The topological polar surface area (TPSA) is 82.2 Å². The lowest BCUT2D eigenvalue weighted by Gasteiger charge is -2.11. The van der Waals surface area contributed by atoms with Crippen molar-refractivity contribution in [1.82, 2.24) is 20.3 Å². The van der Waals surface area contributed by atoms with Crippen molar-refractivity contribution in [3.63, 3.8) is 0 Å². The molecular formula is C20H24N4O3. The number of aryl methyl sites for hydroxylation is 3. The summed E-state index contributed by atoms with van der Waals surface area (Å²) in [5.74, 6) is 0.981. The maximum Gasteiger partial charge on any atom is 0.274 e. The Bertz CT molecular complexity index is 912. The summed E-state index contributed by atoms with van der Waals surface area (Å²) >= 11 is 0. The molecule has 0 aliphatic heterocycles. The number of aromatic nitrogens is 3. The molecule has 1 unspecified atom stereocenters. The van der Waals surface area contributed by atoms with Crippen molar-refractivity contribution in [2.24, 2.45) is 0 Å². The molecular weight excluding hydrogens is 344 g/mol. The number of nitrogens with zero attached hydrogens (tertiary/aromatic N) is 3. The highest BCUT2D eigenvalue weighted by molar-refractivity contribution is 5.94. The van der Waals surface area contributed by atoms with Crippen LogP contribution < -0.4 is 10.1 Å². The molecule has 7 heteroatoms. The van der Waals surface area contributed by atoms with Crippen molar-refractivity contribution in [3.8, 4) is 5.75 Å². The number of benzene rings is 1. The van der Waals surface area contributed by atoms with Gasteiger partial charge < -0.3 is 14.6 Å². The minimum Gasteiger partial charge on any atom is -0.489 e. The summed E-state index contributed by atoms with van der Waals surface area (Å²) in [4.78, 5) is 12.7. The molecule has 1 amide bonds. The molecule has 2 heterocycles. The predicted octanol–water partition coefficient (Wildman–Crippen LogP) is 3.58. The molecule has 1 N–H and O–H groups in total. The maximum absolute atomic E-state index is 12.7. The highest BCUT2D eigenvalue weighted by Crippen LogP contribution is 2.19. The van der Waals surface area contributed by atoms with Gasteiger partial charge in [0.25, 0.3) is 5.91 Å². The number of hydrogen-bond donors (Lipinski definition) is 1. The van der Waals surface area contributed by atoms with Gasteiger partial charge in [-0.25, -0.2) is 0 Å². The molecule has 0 aliphatic rings. The summed E-state index contributed by atoms with van der Waals surface area (Å²) in [7, 11) is 0. The first kappa shape index (κ1) is 18.7. The van der Waals surface area contributed by atoms with Crippen molar-refractivity contribution in [2.75, 3.05) is 0 Å². The van der Waals surface area contributed by atoms with Gasteiger partial charge in [-0.15, -0.1) is 0 Å². The Morgan fingerprint density at radius 1 is 1.26 bits per heavy atom. The van der Waals surface area contributed by atoms with Crippen LogP contribution in [0.1, 0.15) is 53.0 Å². The van der Waals surface area contributed by atoms with E-state index in [1.165, 1.54) is 0 Å². The monoisotopic (exact) mass is 368 g/mol. The van der Waals surface area contributed by atoms with Gasteiger partial charge in [-0.05, 0) is 45.9 Å². The summed E-state index contributed by atoms with van der Waals surface area (Å²) < 4.78 is 12.8. The second kappa shape index (κ2) is 8.07. The van der Waals surface area contributed by atoms with Crippen molar-refractivity contribution >= 4 is 5.91 Å². The van der Waals surface area contributed by atoms with E-state index in [0.29, 0.717) is 11.3 Å². The van der Waals surface area contributed by atoms with Gasteiger partial charge in [-0.3, -0.25) is 9.48 Å². The second-order valence-electron chi connectivity index (χ2n) is 6.46. The largest absolute Gasteiger partial charge is 0.489 e. The van der Waals surface area contributed by atoms with E-state index in [1.54, 1.807) is 6.92 Å². The van der Waals surface area contributed by atoms with Gasteiger partial charge in [0.1, 0.15) is 18.1 Å². The molecule has 2 aromatic heterocycles. The Morgan fingerprint density at radius 2 is 2.00 bits per heavy atom. The molecule has 27 heavy (non-hydrogen) atoms. The van der Waals surface area contributed by atoms with E-state index in [4.69, 9.17) is 9.26 Å². The minimum absolute atomic E-state index is 0.208.